The van der Waals surface area contributed by atoms with Crippen LogP contribution in [0, 0.1) is 11.8 Å². The first-order chi connectivity index (χ1) is 21.9. The van der Waals surface area contributed by atoms with Crippen molar-refractivity contribution in [3.8, 4) is 0 Å². The number of rotatable bonds is 21. The monoisotopic (exact) mass is 862 g/mol. The van der Waals surface area contributed by atoms with E-state index in [0.717, 1.165) is 3.98 Å². The van der Waals surface area contributed by atoms with Crippen LogP contribution in [-0.2, 0) is 33.6 Å². The number of hydrogen-bond donors (Lipinski definition) is 7. The van der Waals surface area contributed by atoms with Gasteiger partial charge < -0.3 is 21.3 Å². The van der Waals surface area contributed by atoms with Gasteiger partial charge in [0.1, 0.15) is 6.04 Å². The predicted octanol–water partition coefficient (Wildman–Crippen LogP) is -1.38. The molecule has 0 fully saturated rings. The van der Waals surface area contributed by atoms with E-state index in [1.165, 1.54) is 25.9 Å². The molecule has 8 amide bonds. The van der Waals surface area contributed by atoms with Crippen LogP contribution in [-0.4, -0.2) is 132 Å². The van der Waals surface area contributed by atoms with Gasteiger partial charge in [0.05, 0.1) is 13.1 Å². The first-order valence-corrected chi connectivity index (χ1v) is 20.6. The van der Waals surface area contributed by atoms with E-state index in [4.69, 9.17) is 0 Å². The van der Waals surface area contributed by atoms with Crippen LogP contribution >= 0.6 is 0 Å². The fourth-order valence-electron chi connectivity index (χ4n) is 4.03. The standard InChI is InChI=1S/C26H45N8O8.C4H9.Pb/c1-8-9-19(34(7)22(38)13-30-23(39)16(4)31-14-35)26(42)33-18(10-15(2)3)25(41)29-12-21(37)32-17(5)24(40)28-11-20(36)27-6;1-4(2)3;/h15-19H,8-13H2,1-7H3,(H,27,36)(H,28,40)(H,29,41)(H,30,39)(H,31,35)(H,32,37)(H,33,42);4H,1H2,2-3H3;/t16-,17-,18+,19-;;/m0../s1. The topological polar surface area (TPSA) is 224 Å². The summed E-state index contributed by atoms with van der Waals surface area (Å²) in [4.78, 5) is 101. The summed E-state index contributed by atoms with van der Waals surface area (Å²) in [6.07, 6.45) is 1.08. The Bertz CT molecular complexity index is 1100. The van der Waals surface area contributed by atoms with Gasteiger partial charge in [-0.05, 0) is 19.3 Å². The number of carbonyl (C=O) groups excluding carboxylic acids is 8. The normalized spacial score (nSPS) is 13.3. The van der Waals surface area contributed by atoms with Crippen molar-refractivity contribution in [3.05, 3.63) is 0 Å². The van der Waals surface area contributed by atoms with Gasteiger partial charge in [0, 0.05) is 7.05 Å². The maximum atomic E-state index is 13.4. The molecule has 16 nitrogen and oxygen atoms in total. The first kappa shape index (κ1) is 43.7. The molecule has 0 rings (SSSR count). The third-order valence-corrected chi connectivity index (χ3v) is 12.6. The Balaban J connectivity index is 5.22. The Morgan fingerprint density at radius 2 is 1.19 bits per heavy atom. The Kier molecular flexibility index (Phi) is 21.5. The maximum absolute atomic E-state index is 13.4. The quantitative estimate of drug-likeness (QED) is 0.0681. The van der Waals surface area contributed by atoms with Gasteiger partial charge in [-0.15, -0.1) is 0 Å². The number of likely N-dealkylation sites (N-methyl/N-ethyl adjacent to an activating group) is 2. The third kappa shape index (κ3) is 18.6. The molecule has 0 aromatic rings. The molecule has 266 valence electrons. The number of carbonyl (C=O) groups is 8. The van der Waals surface area contributed by atoms with E-state index in [1.807, 2.05) is 34.6 Å². The number of amides is 8. The number of nitrogens with one attached hydrogen (secondary N) is 7. The first-order valence-electron chi connectivity index (χ1n) is 15.9. The molecule has 0 bridgehead atoms. The zero-order valence-corrected chi connectivity index (χ0v) is 33.0. The SMILES string of the molecule is CCC[C@@H](C(=O)N[C@H](CC(C)C)C(=O)NCC(=O)N[C@@H](C)C(=O)NCC(=O)NC)N(C)C(=O)CNC(=O)[C@H](C)N[C](=O)[Pb][CH2]C(C)C. The second-order valence-corrected chi connectivity index (χ2v) is 16.8. The Morgan fingerprint density at radius 1 is 0.660 bits per heavy atom. The van der Waals surface area contributed by atoms with Gasteiger partial charge in [-0.2, -0.15) is 0 Å². The van der Waals surface area contributed by atoms with E-state index >= 15 is 0 Å². The molecule has 4 atom stereocenters. The van der Waals surface area contributed by atoms with Crippen LogP contribution in [0.4, 0.5) is 4.79 Å². The van der Waals surface area contributed by atoms with Gasteiger partial charge in [0.15, 0.2) is 0 Å². The van der Waals surface area contributed by atoms with E-state index in [2.05, 4.69) is 37.2 Å². The molecule has 0 aliphatic carbocycles. The molecule has 0 saturated carbocycles. The molecule has 7 N–H and O–H groups in total. The summed E-state index contributed by atoms with van der Waals surface area (Å²) < 4.78 is 0.808. The van der Waals surface area contributed by atoms with Crippen molar-refractivity contribution in [3.63, 3.8) is 0 Å². The van der Waals surface area contributed by atoms with Crippen LogP contribution in [0.1, 0.15) is 67.7 Å². The molecule has 0 spiro atoms. The van der Waals surface area contributed by atoms with Gasteiger partial charge in [-0.25, -0.2) is 0 Å². The van der Waals surface area contributed by atoms with E-state index in [0.29, 0.717) is 12.3 Å². The summed E-state index contributed by atoms with van der Waals surface area (Å²) in [5.41, 5.74) is 0. The van der Waals surface area contributed by atoms with Crippen LogP contribution in [0.3, 0.4) is 0 Å². The van der Waals surface area contributed by atoms with Crippen LogP contribution in [0.25, 0.3) is 0 Å². The fourth-order valence-corrected chi connectivity index (χ4v) is 7.57. The Labute approximate surface area is 290 Å². The summed E-state index contributed by atoms with van der Waals surface area (Å²) in [6.45, 7) is 11.5. The van der Waals surface area contributed by atoms with E-state index in [9.17, 15) is 38.4 Å². The van der Waals surface area contributed by atoms with Gasteiger partial charge >= 0.3 is 168 Å². The minimum absolute atomic E-state index is 0.0142. The van der Waals surface area contributed by atoms with Gasteiger partial charge in [0.25, 0.3) is 0 Å². The predicted molar refractivity (Wildman–Crippen MR) is 177 cm³/mol. The van der Waals surface area contributed by atoms with Crippen LogP contribution in [0.15, 0.2) is 0 Å². The molecule has 0 aliphatic rings. The number of hydrogen-bond acceptors (Lipinski definition) is 8. The van der Waals surface area contributed by atoms with Crippen molar-refractivity contribution in [2.45, 2.75) is 95.9 Å². The summed E-state index contributed by atoms with van der Waals surface area (Å²) >= 11 is -1.54. The van der Waals surface area contributed by atoms with Gasteiger partial charge in [-0.1, -0.05) is 13.8 Å². The summed E-state index contributed by atoms with van der Waals surface area (Å²) in [5, 5.41) is 17.5. The van der Waals surface area contributed by atoms with Crippen molar-refractivity contribution in [1.82, 2.24) is 42.1 Å². The number of nitrogens with zero attached hydrogens (tertiary/aromatic N) is 1. The van der Waals surface area contributed by atoms with E-state index < -0.39 is 96.3 Å². The van der Waals surface area contributed by atoms with Crippen LogP contribution in [0.2, 0.25) is 3.98 Å². The van der Waals surface area contributed by atoms with Crippen molar-refractivity contribution in [1.29, 1.82) is 0 Å². The molecule has 0 aliphatic heterocycles. The fraction of sp³-hybridized carbons (Fsp3) is 0.733. The zero-order valence-electron chi connectivity index (χ0n) is 29.1. The van der Waals surface area contributed by atoms with Gasteiger partial charge in [-0.3, -0.25) is 19.2 Å². The molecule has 0 aromatic heterocycles. The van der Waals surface area contributed by atoms with Gasteiger partial charge in [0.2, 0.25) is 23.6 Å². The van der Waals surface area contributed by atoms with E-state index in [-0.39, 0.29) is 35.3 Å². The average molecular weight is 862 g/mol. The minimum atomic E-state index is -1.54. The second kappa shape index (κ2) is 23.1. The van der Waals surface area contributed by atoms with E-state index in [1.54, 1.807) is 6.92 Å². The molecule has 0 unspecified atom stereocenters. The van der Waals surface area contributed by atoms with Crippen molar-refractivity contribution in [2.24, 2.45) is 11.8 Å². The average Bonchev–Trinajstić information content (AvgIpc) is 3.01. The Hall–Kier alpha value is -3.32. The third-order valence-electron chi connectivity index (χ3n) is 6.79. The molecule has 47 heavy (non-hydrogen) atoms. The molecule has 0 heterocycles. The summed E-state index contributed by atoms with van der Waals surface area (Å²) in [6, 6.07) is -3.73. The summed E-state index contributed by atoms with van der Waals surface area (Å²) in [7, 11) is 2.86. The van der Waals surface area contributed by atoms with Crippen LogP contribution in [0.5, 0.6) is 0 Å². The molecule has 0 aromatic carbocycles. The molecule has 2 radical (unpaired) electrons. The Morgan fingerprint density at radius 3 is 1.72 bits per heavy atom. The summed E-state index contributed by atoms with van der Waals surface area (Å²) in [5.74, 6) is -3.47. The second-order valence-electron chi connectivity index (χ2n) is 12.1. The van der Waals surface area contributed by atoms with Crippen molar-refractivity contribution in [2.75, 3.05) is 33.7 Å². The zero-order chi connectivity index (χ0) is 36.3. The van der Waals surface area contributed by atoms with Crippen LogP contribution < -0.4 is 37.2 Å². The molecular formula is C30H54N8O8Pb. The molecule has 0 saturated heterocycles. The molecule has 17 heteroatoms. The van der Waals surface area contributed by atoms with Crippen molar-refractivity contribution < 1.29 is 38.4 Å². The van der Waals surface area contributed by atoms with Crippen molar-refractivity contribution >= 4 is 69.1 Å². The molecular weight excluding hydrogens is 808 g/mol.